The van der Waals surface area contributed by atoms with E-state index in [4.69, 9.17) is 9.47 Å². The monoisotopic (exact) mass is 388 g/mol. The molecule has 1 aliphatic rings. The van der Waals surface area contributed by atoms with Gasteiger partial charge in [0, 0.05) is 18.0 Å². The molecule has 0 N–H and O–H groups in total. The number of fused-ring (bicyclic) bond motifs is 2. The summed E-state index contributed by atoms with van der Waals surface area (Å²) >= 11 is 0. The van der Waals surface area contributed by atoms with Crippen molar-refractivity contribution in [2.45, 2.75) is 19.4 Å². The van der Waals surface area contributed by atoms with E-state index in [0.29, 0.717) is 19.7 Å². The zero-order valence-corrected chi connectivity index (χ0v) is 16.5. The number of amides is 1. The normalized spacial score (nSPS) is 15.6. The SMILES string of the molecule is CCCN(CC1COc2ccccc2O1)C(=O)/C=C/c1ccc2ccccc2n1. The van der Waals surface area contributed by atoms with Crippen LogP contribution in [0.4, 0.5) is 0 Å². The molecule has 5 heteroatoms. The summed E-state index contributed by atoms with van der Waals surface area (Å²) in [6.07, 6.45) is 4.04. The van der Waals surface area contributed by atoms with Crippen LogP contribution in [0.3, 0.4) is 0 Å². The van der Waals surface area contributed by atoms with Gasteiger partial charge in [0.15, 0.2) is 17.6 Å². The minimum Gasteiger partial charge on any atom is -0.486 e. The maximum Gasteiger partial charge on any atom is 0.246 e. The lowest BCUT2D eigenvalue weighted by atomic mass is 10.2. The Morgan fingerprint density at radius 2 is 1.90 bits per heavy atom. The zero-order chi connectivity index (χ0) is 20.1. The van der Waals surface area contributed by atoms with Crippen molar-refractivity contribution in [3.63, 3.8) is 0 Å². The first-order valence-electron chi connectivity index (χ1n) is 9.94. The number of carbonyl (C=O) groups is 1. The fourth-order valence-corrected chi connectivity index (χ4v) is 3.40. The second-order valence-electron chi connectivity index (χ2n) is 7.04. The first-order valence-corrected chi connectivity index (χ1v) is 9.94. The van der Waals surface area contributed by atoms with Crippen molar-refractivity contribution in [1.29, 1.82) is 0 Å². The number of hydrogen-bond acceptors (Lipinski definition) is 4. The van der Waals surface area contributed by atoms with E-state index < -0.39 is 0 Å². The van der Waals surface area contributed by atoms with Gasteiger partial charge in [-0.05, 0) is 36.8 Å². The molecular formula is C24H24N2O3. The van der Waals surface area contributed by atoms with Gasteiger partial charge in [-0.1, -0.05) is 43.3 Å². The van der Waals surface area contributed by atoms with E-state index >= 15 is 0 Å². The molecule has 1 amide bonds. The highest BCUT2D eigenvalue weighted by molar-refractivity contribution is 5.92. The lowest BCUT2D eigenvalue weighted by Gasteiger charge is -2.30. The molecule has 148 valence electrons. The Bertz CT molecular complexity index is 1030. The van der Waals surface area contributed by atoms with Crippen molar-refractivity contribution in [2.75, 3.05) is 19.7 Å². The Balaban J connectivity index is 1.43. The fraction of sp³-hybridized carbons (Fsp3) is 0.250. The van der Waals surface area contributed by atoms with Crippen molar-refractivity contribution in [3.8, 4) is 11.5 Å². The van der Waals surface area contributed by atoms with Crippen LogP contribution < -0.4 is 9.47 Å². The summed E-state index contributed by atoms with van der Waals surface area (Å²) in [5.41, 5.74) is 1.68. The van der Waals surface area contributed by atoms with Gasteiger partial charge in [0.1, 0.15) is 6.61 Å². The van der Waals surface area contributed by atoms with Crippen molar-refractivity contribution in [3.05, 3.63) is 72.4 Å². The summed E-state index contributed by atoms with van der Waals surface area (Å²) in [6.45, 7) is 3.63. The fourth-order valence-electron chi connectivity index (χ4n) is 3.40. The van der Waals surface area contributed by atoms with Crippen LogP contribution in [0.1, 0.15) is 19.0 Å². The van der Waals surface area contributed by atoms with Gasteiger partial charge in [-0.3, -0.25) is 4.79 Å². The minimum atomic E-state index is -0.187. The van der Waals surface area contributed by atoms with Gasteiger partial charge in [0.25, 0.3) is 0 Å². The Kier molecular flexibility index (Phi) is 5.75. The molecule has 1 atom stereocenters. The molecule has 1 aromatic heterocycles. The number of rotatable bonds is 6. The maximum absolute atomic E-state index is 12.8. The number of ether oxygens (including phenoxy) is 2. The van der Waals surface area contributed by atoms with Crippen LogP contribution in [0.2, 0.25) is 0 Å². The van der Waals surface area contributed by atoms with E-state index in [1.54, 1.807) is 17.1 Å². The Hall–Kier alpha value is -3.34. The molecule has 1 aliphatic heterocycles. The lowest BCUT2D eigenvalue weighted by molar-refractivity contribution is -0.127. The number of carbonyl (C=O) groups excluding carboxylic acids is 1. The highest BCUT2D eigenvalue weighted by Crippen LogP contribution is 2.31. The average Bonchev–Trinajstić information content (AvgIpc) is 2.77. The predicted molar refractivity (Wildman–Crippen MR) is 114 cm³/mol. The van der Waals surface area contributed by atoms with Crippen LogP contribution in [-0.4, -0.2) is 41.6 Å². The summed E-state index contributed by atoms with van der Waals surface area (Å²) < 4.78 is 11.8. The number of benzene rings is 2. The topological polar surface area (TPSA) is 51.7 Å². The van der Waals surface area contributed by atoms with Crippen LogP contribution >= 0.6 is 0 Å². The van der Waals surface area contributed by atoms with Gasteiger partial charge in [0.05, 0.1) is 17.8 Å². The second-order valence-corrected chi connectivity index (χ2v) is 7.04. The van der Waals surface area contributed by atoms with Gasteiger partial charge >= 0.3 is 0 Å². The highest BCUT2D eigenvalue weighted by Gasteiger charge is 2.24. The van der Waals surface area contributed by atoms with E-state index in [2.05, 4.69) is 11.9 Å². The van der Waals surface area contributed by atoms with Gasteiger partial charge in [0.2, 0.25) is 5.91 Å². The molecule has 2 heterocycles. The third kappa shape index (κ3) is 4.57. The predicted octanol–water partition coefficient (Wildman–Crippen LogP) is 4.33. The third-order valence-corrected chi connectivity index (χ3v) is 4.81. The van der Waals surface area contributed by atoms with Crippen molar-refractivity contribution in [1.82, 2.24) is 9.88 Å². The maximum atomic E-state index is 12.8. The molecule has 29 heavy (non-hydrogen) atoms. The van der Waals surface area contributed by atoms with Crippen molar-refractivity contribution >= 4 is 22.9 Å². The van der Waals surface area contributed by atoms with E-state index in [0.717, 1.165) is 34.5 Å². The van der Waals surface area contributed by atoms with Crippen LogP contribution in [0.25, 0.3) is 17.0 Å². The van der Waals surface area contributed by atoms with Crippen LogP contribution in [-0.2, 0) is 4.79 Å². The molecule has 5 nitrogen and oxygen atoms in total. The van der Waals surface area contributed by atoms with Crippen LogP contribution in [0, 0.1) is 0 Å². The van der Waals surface area contributed by atoms with Gasteiger partial charge in [-0.15, -0.1) is 0 Å². The summed E-state index contributed by atoms with van der Waals surface area (Å²) in [5.74, 6) is 1.42. The second kappa shape index (κ2) is 8.78. The van der Waals surface area contributed by atoms with Crippen molar-refractivity contribution < 1.29 is 14.3 Å². The first-order chi connectivity index (χ1) is 14.2. The summed E-state index contributed by atoms with van der Waals surface area (Å²) in [6, 6.07) is 19.5. The smallest absolute Gasteiger partial charge is 0.246 e. The molecule has 1 unspecified atom stereocenters. The molecular weight excluding hydrogens is 364 g/mol. The van der Waals surface area contributed by atoms with Gasteiger partial charge in [-0.25, -0.2) is 4.98 Å². The van der Waals surface area contributed by atoms with E-state index in [-0.39, 0.29) is 12.0 Å². The summed E-state index contributed by atoms with van der Waals surface area (Å²) in [4.78, 5) is 19.2. The number of para-hydroxylation sites is 3. The quantitative estimate of drug-likeness (QED) is 0.590. The minimum absolute atomic E-state index is 0.0516. The molecule has 0 saturated carbocycles. The molecule has 0 fully saturated rings. The molecule has 0 spiro atoms. The van der Waals surface area contributed by atoms with Crippen molar-refractivity contribution in [2.24, 2.45) is 0 Å². The van der Waals surface area contributed by atoms with E-state index in [9.17, 15) is 4.79 Å². The zero-order valence-electron chi connectivity index (χ0n) is 16.5. The molecule has 0 aliphatic carbocycles. The molecule has 4 rings (SSSR count). The first kappa shape index (κ1) is 19.0. The standard InChI is InChI=1S/C24H24N2O3/c1-2-15-26(16-20-17-28-22-9-5-6-10-23(22)29-20)24(27)14-13-19-12-11-18-7-3-4-8-21(18)25-19/h3-14,20H,2,15-17H2,1H3/b14-13+. The van der Waals surface area contributed by atoms with E-state index in [1.165, 1.54) is 0 Å². The largest absolute Gasteiger partial charge is 0.486 e. The number of hydrogen-bond donors (Lipinski definition) is 0. The molecule has 0 radical (unpaired) electrons. The van der Waals surface area contributed by atoms with Gasteiger partial charge < -0.3 is 14.4 Å². The summed E-state index contributed by atoms with van der Waals surface area (Å²) in [7, 11) is 0. The number of nitrogens with zero attached hydrogens (tertiary/aromatic N) is 2. The Morgan fingerprint density at radius 3 is 2.76 bits per heavy atom. The molecule has 0 saturated heterocycles. The van der Waals surface area contributed by atoms with Gasteiger partial charge in [-0.2, -0.15) is 0 Å². The summed E-state index contributed by atoms with van der Waals surface area (Å²) in [5, 5.41) is 1.08. The average molecular weight is 388 g/mol. The number of aromatic nitrogens is 1. The molecule has 0 bridgehead atoms. The van der Waals surface area contributed by atoms with Crippen LogP contribution in [0.5, 0.6) is 11.5 Å². The third-order valence-electron chi connectivity index (χ3n) is 4.81. The Labute approximate surface area is 170 Å². The molecule has 3 aromatic rings. The highest BCUT2D eigenvalue weighted by atomic mass is 16.6. The number of pyridine rings is 1. The molecule has 2 aromatic carbocycles. The van der Waals surface area contributed by atoms with Crippen LogP contribution in [0.15, 0.2) is 66.7 Å². The Morgan fingerprint density at radius 1 is 1.10 bits per heavy atom. The lowest BCUT2D eigenvalue weighted by Crippen LogP contribution is -2.43. The van der Waals surface area contributed by atoms with E-state index in [1.807, 2.05) is 60.7 Å².